The zero-order valence-corrected chi connectivity index (χ0v) is 20.3. The van der Waals surface area contributed by atoms with E-state index in [4.69, 9.17) is 19.7 Å². The molecule has 2 aliphatic carbocycles. The topological polar surface area (TPSA) is 113 Å². The maximum absolute atomic E-state index is 12.4. The fourth-order valence-corrected chi connectivity index (χ4v) is 5.80. The second kappa shape index (κ2) is 13.1. The molecule has 0 unspecified atom stereocenters. The highest BCUT2D eigenvalue weighted by Crippen LogP contribution is 2.49. The van der Waals surface area contributed by atoms with Gasteiger partial charge in [-0.1, -0.05) is 38.3 Å². The van der Waals surface area contributed by atoms with Crippen molar-refractivity contribution in [2.75, 3.05) is 13.2 Å². The molecule has 0 heterocycles. The SMILES string of the molecule is CCCCC[C@H](O)CC[C@@H]1[C@H]2Cc3cccc(OCC(=O)O)c3C[C@H]2C[C@H]1OC(=O)CCCO. The highest BCUT2D eigenvalue weighted by atomic mass is 16.5. The standard InChI is InChI=1S/C27H40O7/c1-2-3-4-8-20(29)11-12-21-22-14-18-7-5-9-24(33-17-26(30)31)23(18)15-19(22)16-25(21)34-27(32)10-6-13-28/h5,7,9,19-22,25,28-29H,2-4,6,8,10-17H2,1H3,(H,30,31)/t19-,20-,21+,22-,25+/m0/s1. The number of benzene rings is 1. The first-order valence-electron chi connectivity index (χ1n) is 12.9. The number of carboxylic acid groups (broad SMARTS) is 1. The first-order valence-corrected chi connectivity index (χ1v) is 12.9. The van der Waals surface area contributed by atoms with E-state index >= 15 is 0 Å². The van der Waals surface area contributed by atoms with E-state index in [1.165, 1.54) is 5.56 Å². The van der Waals surface area contributed by atoms with Gasteiger partial charge in [0.15, 0.2) is 6.61 Å². The number of esters is 1. The predicted octanol–water partition coefficient (Wildman–Crippen LogP) is 3.91. The summed E-state index contributed by atoms with van der Waals surface area (Å²) in [5.41, 5.74) is 2.24. The summed E-state index contributed by atoms with van der Waals surface area (Å²) in [6, 6.07) is 5.81. The molecule has 190 valence electrons. The fourth-order valence-electron chi connectivity index (χ4n) is 5.80. The summed E-state index contributed by atoms with van der Waals surface area (Å²) in [5.74, 6) is 0.208. The second-order valence-corrected chi connectivity index (χ2v) is 9.89. The van der Waals surface area contributed by atoms with E-state index in [0.717, 1.165) is 56.9 Å². The lowest BCUT2D eigenvalue weighted by Crippen LogP contribution is -2.30. The number of aliphatic hydroxyl groups excluding tert-OH is 2. The van der Waals surface area contributed by atoms with Gasteiger partial charge in [-0.3, -0.25) is 4.79 Å². The van der Waals surface area contributed by atoms with Gasteiger partial charge < -0.3 is 24.8 Å². The number of carbonyl (C=O) groups is 2. The minimum absolute atomic E-state index is 0.0349. The van der Waals surface area contributed by atoms with Crippen molar-refractivity contribution < 1.29 is 34.4 Å². The first kappa shape index (κ1) is 26.5. The molecule has 3 rings (SSSR count). The van der Waals surface area contributed by atoms with Gasteiger partial charge in [0.25, 0.3) is 0 Å². The van der Waals surface area contributed by atoms with Crippen molar-refractivity contribution >= 4 is 11.9 Å². The molecule has 0 saturated heterocycles. The zero-order valence-electron chi connectivity index (χ0n) is 20.3. The van der Waals surface area contributed by atoms with Gasteiger partial charge in [-0.25, -0.2) is 4.79 Å². The van der Waals surface area contributed by atoms with E-state index in [0.29, 0.717) is 30.4 Å². The molecule has 3 N–H and O–H groups in total. The van der Waals surface area contributed by atoms with Crippen LogP contribution in [0.15, 0.2) is 18.2 Å². The van der Waals surface area contributed by atoms with Crippen LogP contribution >= 0.6 is 0 Å². The number of aliphatic hydroxyl groups is 2. The Morgan fingerprint density at radius 2 is 1.97 bits per heavy atom. The van der Waals surface area contributed by atoms with E-state index in [2.05, 4.69) is 13.0 Å². The van der Waals surface area contributed by atoms with Crippen LogP contribution in [-0.2, 0) is 27.2 Å². The molecule has 0 bridgehead atoms. The summed E-state index contributed by atoms with van der Waals surface area (Å²) < 4.78 is 11.5. The maximum Gasteiger partial charge on any atom is 0.341 e. The number of rotatable bonds is 14. The number of carbonyl (C=O) groups excluding carboxylic acids is 1. The highest BCUT2D eigenvalue weighted by Gasteiger charge is 2.47. The van der Waals surface area contributed by atoms with Crippen LogP contribution in [0.5, 0.6) is 5.75 Å². The van der Waals surface area contributed by atoms with Crippen LogP contribution in [0.4, 0.5) is 0 Å². The molecule has 0 radical (unpaired) electrons. The lowest BCUT2D eigenvalue weighted by atomic mass is 9.73. The van der Waals surface area contributed by atoms with Crippen LogP contribution in [0.2, 0.25) is 0 Å². The largest absolute Gasteiger partial charge is 0.482 e. The van der Waals surface area contributed by atoms with Crippen LogP contribution in [0, 0.1) is 17.8 Å². The average Bonchev–Trinajstić information content (AvgIpc) is 3.14. The van der Waals surface area contributed by atoms with E-state index in [9.17, 15) is 14.7 Å². The molecule has 7 heteroatoms. The van der Waals surface area contributed by atoms with Crippen molar-refractivity contribution in [3.8, 4) is 5.75 Å². The van der Waals surface area contributed by atoms with Gasteiger partial charge in [-0.2, -0.15) is 0 Å². The van der Waals surface area contributed by atoms with Crippen LogP contribution in [-0.4, -0.2) is 52.7 Å². The van der Waals surface area contributed by atoms with Crippen LogP contribution in [0.25, 0.3) is 0 Å². The predicted molar refractivity (Wildman–Crippen MR) is 128 cm³/mol. The summed E-state index contributed by atoms with van der Waals surface area (Å²) in [6.45, 7) is 1.75. The number of ether oxygens (including phenoxy) is 2. The molecule has 1 saturated carbocycles. The van der Waals surface area contributed by atoms with Crippen molar-refractivity contribution in [3.63, 3.8) is 0 Å². The first-order chi connectivity index (χ1) is 16.4. The Bertz CT molecular complexity index is 808. The van der Waals surface area contributed by atoms with Crippen molar-refractivity contribution in [1.29, 1.82) is 0 Å². The third kappa shape index (κ3) is 7.19. The molecular weight excluding hydrogens is 436 g/mol. The van der Waals surface area contributed by atoms with E-state index in [1.54, 1.807) is 0 Å². The normalized spacial score (nSPS) is 24.2. The Hall–Kier alpha value is -2.12. The van der Waals surface area contributed by atoms with Crippen molar-refractivity contribution in [1.82, 2.24) is 0 Å². The molecular formula is C27H40O7. The minimum atomic E-state index is -1.00. The molecule has 0 amide bonds. The number of hydrogen-bond donors (Lipinski definition) is 3. The van der Waals surface area contributed by atoms with Crippen molar-refractivity contribution in [3.05, 3.63) is 29.3 Å². The van der Waals surface area contributed by atoms with E-state index in [-0.39, 0.29) is 43.7 Å². The number of carboxylic acids is 1. The molecule has 34 heavy (non-hydrogen) atoms. The van der Waals surface area contributed by atoms with Crippen molar-refractivity contribution in [2.45, 2.75) is 89.8 Å². The van der Waals surface area contributed by atoms with Crippen LogP contribution in [0.1, 0.15) is 75.8 Å². The smallest absolute Gasteiger partial charge is 0.341 e. The fraction of sp³-hybridized carbons (Fsp3) is 0.704. The lowest BCUT2D eigenvalue weighted by molar-refractivity contribution is -0.151. The number of fused-ring (bicyclic) bond motifs is 2. The summed E-state index contributed by atoms with van der Waals surface area (Å²) >= 11 is 0. The van der Waals surface area contributed by atoms with Crippen LogP contribution in [0.3, 0.4) is 0 Å². The Labute approximate surface area is 202 Å². The molecule has 0 spiro atoms. The second-order valence-electron chi connectivity index (χ2n) is 9.89. The van der Waals surface area contributed by atoms with Gasteiger partial charge in [-0.15, -0.1) is 0 Å². The number of unbranched alkanes of at least 4 members (excludes halogenated alkanes) is 2. The summed E-state index contributed by atoms with van der Waals surface area (Å²) in [7, 11) is 0. The van der Waals surface area contributed by atoms with Gasteiger partial charge in [0.2, 0.25) is 0 Å². The Morgan fingerprint density at radius 1 is 1.15 bits per heavy atom. The third-order valence-electron chi connectivity index (χ3n) is 7.47. The summed E-state index contributed by atoms with van der Waals surface area (Å²) in [4.78, 5) is 23.4. The number of aliphatic carboxylic acids is 1. The lowest BCUT2D eigenvalue weighted by Gasteiger charge is -2.32. The van der Waals surface area contributed by atoms with E-state index in [1.807, 2.05) is 12.1 Å². The minimum Gasteiger partial charge on any atom is -0.482 e. The number of hydrogen-bond acceptors (Lipinski definition) is 6. The molecule has 1 aromatic rings. The summed E-state index contributed by atoms with van der Waals surface area (Å²) in [5, 5.41) is 28.6. The Balaban J connectivity index is 1.72. The molecule has 1 aromatic carbocycles. The highest BCUT2D eigenvalue weighted by molar-refractivity contribution is 5.69. The molecule has 1 fully saturated rings. The van der Waals surface area contributed by atoms with Gasteiger partial charge >= 0.3 is 11.9 Å². The summed E-state index contributed by atoms with van der Waals surface area (Å²) in [6.07, 6.45) is 8.07. The quantitative estimate of drug-likeness (QED) is 0.276. The zero-order chi connectivity index (χ0) is 24.5. The average molecular weight is 477 g/mol. The Kier molecular flexibility index (Phi) is 10.2. The van der Waals surface area contributed by atoms with Crippen molar-refractivity contribution in [2.24, 2.45) is 17.8 Å². The molecule has 0 aromatic heterocycles. The maximum atomic E-state index is 12.4. The molecule has 5 atom stereocenters. The molecule has 0 aliphatic heterocycles. The third-order valence-corrected chi connectivity index (χ3v) is 7.47. The van der Waals surface area contributed by atoms with Gasteiger partial charge in [0.05, 0.1) is 6.10 Å². The van der Waals surface area contributed by atoms with Gasteiger partial charge in [0.1, 0.15) is 11.9 Å². The van der Waals surface area contributed by atoms with Gasteiger partial charge in [0, 0.05) is 13.0 Å². The molecule has 2 aliphatic rings. The van der Waals surface area contributed by atoms with E-state index < -0.39 is 5.97 Å². The Morgan fingerprint density at radius 3 is 2.71 bits per heavy atom. The van der Waals surface area contributed by atoms with Gasteiger partial charge in [-0.05, 0) is 79.9 Å². The monoisotopic (exact) mass is 476 g/mol. The molecule has 7 nitrogen and oxygen atoms in total. The van der Waals surface area contributed by atoms with Crippen LogP contribution < -0.4 is 4.74 Å².